The van der Waals surface area contributed by atoms with Crippen molar-refractivity contribution in [3.63, 3.8) is 0 Å². The molecule has 0 aromatic rings. The van der Waals surface area contributed by atoms with Crippen LogP contribution in [-0.4, -0.2) is 11.2 Å². The summed E-state index contributed by atoms with van der Waals surface area (Å²) in [4.78, 5) is 0. The van der Waals surface area contributed by atoms with Crippen molar-refractivity contribution in [2.24, 2.45) is 46.3 Å². The van der Waals surface area contributed by atoms with E-state index in [1.165, 1.54) is 44.9 Å². The van der Waals surface area contributed by atoms with Gasteiger partial charge in [-0.15, -0.1) is 0 Å². The summed E-state index contributed by atoms with van der Waals surface area (Å²) < 4.78 is 0. The molecule has 0 aliphatic heterocycles. The predicted octanol–water partition coefficient (Wildman–Crippen LogP) is 7.55. The zero-order chi connectivity index (χ0) is 21.0. The van der Waals surface area contributed by atoms with Crippen LogP contribution in [0.1, 0.15) is 99.3 Å². The predicted molar refractivity (Wildman–Crippen MR) is 124 cm³/mol. The monoisotopic (exact) mass is 398 g/mol. The molecule has 3 saturated carbocycles. The molecule has 0 amide bonds. The van der Waals surface area contributed by atoms with Gasteiger partial charge in [0.25, 0.3) is 0 Å². The molecule has 8 atom stereocenters. The van der Waals surface area contributed by atoms with Gasteiger partial charge in [-0.2, -0.15) is 0 Å². The van der Waals surface area contributed by atoms with Crippen molar-refractivity contribution in [2.75, 3.05) is 0 Å². The summed E-state index contributed by atoms with van der Waals surface area (Å²) in [5.74, 6) is 4.97. The van der Waals surface area contributed by atoms with Crippen molar-refractivity contribution in [1.82, 2.24) is 0 Å². The van der Waals surface area contributed by atoms with Crippen LogP contribution in [0.5, 0.6) is 0 Å². The molecule has 0 saturated heterocycles. The molecule has 29 heavy (non-hydrogen) atoms. The molecule has 1 N–H and O–H groups in total. The van der Waals surface area contributed by atoms with Gasteiger partial charge in [-0.3, -0.25) is 0 Å². The molecule has 0 aromatic carbocycles. The van der Waals surface area contributed by atoms with Gasteiger partial charge in [0.2, 0.25) is 0 Å². The molecule has 0 unspecified atom stereocenters. The van der Waals surface area contributed by atoms with E-state index in [1.54, 1.807) is 11.1 Å². The third kappa shape index (κ3) is 3.58. The first-order chi connectivity index (χ1) is 13.7. The normalized spacial score (nSPS) is 43.7. The van der Waals surface area contributed by atoms with Gasteiger partial charge in [0.05, 0.1) is 6.10 Å². The Hall–Kier alpha value is -0.560. The largest absolute Gasteiger partial charge is 0.393 e. The summed E-state index contributed by atoms with van der Waals surface area (Å²) in [5.41, 5.74) is 4.17. The van der Waals surface area contributed by atoms with Gasteiger partial charge in [0, 0.05) is 0 Å². The number of hydrogen-bond donors (Lipinski definition) is 1. The number of hydrogen-bond acceptors (Lipinski definition) is 1. The Kier molecular flexibility index (Phi) is 5.86. The Balaban J connectivity index is 1.52. The standard InChI is InChI=1S/C28H46O/c1-18(2)19(3)7-8-20(4)24-11-12-25-23-10-9-21-17-22(29)13-15-27(21,5)26(23)14-16-28(24,25)6/h9-10,18-20,22,24-26,29H,7-8,11-17H2,1-6H3/t19-,20-,22-,24+,25-,26-,27+,28-/m1/s1. The summed E-state index contributed by atoms with van der Waals surface area (Å²) in [6, 6.07) is 0. The van der Waals surface area contributed by atoms with Crippen LogP contribution in [-0.2, 0) is 0 Å². The summed E-state index contributed by atoms with van der Waals surface area (Å²) in [6.07, 6.45) is 16.4. The quantitative estimate of drug-likeness (QED) is 0.506. The second-order valence-corrected chi connectivity index (χ2v) is 12.3. The van der Waals surface area contributed by atoms with E-state index in [-0.39, 0.29) is 6.10 Å². The minimum absolute atomic E-state index is 0.108. The number of aliphatic hydroxyl groups is 1. The highest BCUT2D eigenvalue weighted by atomic mass is 16.3. The van der Waals surface area contributed by atoms with E-state index in [1.807, 2.05) is 0 Å². The van der Waals surface area contributed by atoms with E-state index in [0.717, 1.165) is 48.3 Å². The number of rotatable bonds is 5. The molecule has 164 valence electrons. The molecular formula is C28H46O. The zero-order valence-corrected chi connectivity index (χ0v) is 20.0. The lowest BCUT2D eigenvalue weighted by atomic mass is 9.50. The van der Waals surface area contributed by atoms with Crippen LogP contribution in [0.3, 0.4) is 0 Å². The number of allylic oxidation sites excluding steroid dienone is 3. The highest BCUT2D eigenvalue weighted by molar-refractivity contribution is 5.38. The Morgan fingerprint density at radius 2 is 1.69 bits per heavy atom. The highest BCUT2D eigenvalue weighted by Gasteiger charge is 2.56. The van der Waals surface area contributed by atoms with Crippen molar-refractivity contribution < 1.29 is 5.11 Å². The minimum Gasteiger partial charge on any atom is -0.393 e. The van der Waals surface area contributed by atoms with Gasteiger partial charge in [-0.05, 0) is 91.3 Å². The van der Waals surface area contributed by atoms with Crippen LogP contribution >= 0.6 is 0 Å². The third-order valence-electron chi connectivity index (χ3n) is 10.5. The van der Waals surface area contributed by atoms with Gasteiger partial charge in [-0.1, -0.05) is 77.7 Å². The van der Waals surface area contributed by atoms with Crippen LogP contribution in [0.15, 0.2) is 23.3 Å². The average molecular weight is 399 g/mol. The summed E-state index contributed by atoms with van der Waals surface area (Å²) in [7, 11) is 0. The van der Waals surface area contributed by atoms with Crippen molar-refractivity contribution in [3.8, 4) is 0 Å². The molecule has 0 heterocycles. The van der Waals surface area contributed by atoms with Crippen LogP contribution in [0.25, 0.3) is 0 Å². The fraction of sp³-hybridized carbons (Fsp3) is 0.857. The third-order valence-corrected chi connectivity index (χ3v) is 10.5. The lowest BCUT2D eigenvalue weighted by molar-refractivity contribution is 0.0317. The first kappa shape index (κ1) is 21.7. The van der Waals surface area contributed by atoms with Gasteiger partial charge < -0.3 is 5.11 Å². The van der Waals surface area contributed by atoms with Crippen LogP contribution in [0, 0.1) is 46.3 Å². The molecule has 0 radical (unpaired) electrons. The molecule has 1 heteroatoms. The molecule has 4 rings (SSSR count). The highest BCUT2D eigenvalue weighted by Crippen LogP contribution is 2.66. The van der Waals surface area contributed by atoms with Gasteiger partial charge >= 0.3 is 0 Å². The summed E-state index contributed by atoms with van der Waals surface area (Å²) >= 11 is 0. The SMILES string of the molecule is CC(C)[C@H](C)CC[C@@H](C)[C@@H]1CC[C@@H]2C3=CC=C4C[C@H](O)CC[C@]4(C)[C@@H]3CC[C@@]21C. The van der Waals surface area contributed by atoms with Gasteiger partial charge in [-0.25, -0.2) is 0 Å². The van der Waals surface area contributed by atoms with E-state index in [4.69, 9.17) is 0 Å². The smallest absolute Gasteiger partial charge is 0.0578 e. The van der Waals surface area contributed by atoms with E-state index in [0.29, 0.717) is 10.8 Å². The van der Waals surface area contributed by atoms with Crippen LogP contribution < -0.4 is 0 Å². The molecule has 3 fully saturated rings. The maximum absolute atomic E-state index is 10.2. The molecule has 0 aromatic heterocycles. The van der Waals surface area contributed by atoms with Crippen molar-refractivity contribution in [1.29, 1.82) is 0 Å². The fourth-order valence-electron chi connectivity index (χ4n) is 8.02. The molecule has 4 aliphatic rings. The Bertz CT molecular complexity index is 672. The van der Waals surface area contributed by atoms with Crippen molar-refractivity contribution in [2.45, 2.75) is 105 Å². The van der Waals surface area contributed by atoms with E-state index >= 15 is 0 Å². The Morgan fingerprint density at radius 1 is 0.931 bits per heavy atom. The van der Waals surface area contributed by atoms with Crippen molar-refractivity contribution in [3.05, 3.63) is 23.3 Å². The topological polar surface area (TPSA) is 20.2 Å². The maximum atomic E-state index is 10.2. The lowest BCUT2D eigenvalue weighted by Gasteiger charge is -2.55. The first-order valence-electron chi connectivity index (χ1n) is 12.8. The van der Waals surface area contributed by atoms with E-state index < -0.39 is 0 Å². The molecule has 4 aliphatic carbocycles. The van der Waals surface area contributed by atoms with Gasteiger partial charge in [0.1, 0.15) is 0 Å². The second-order valence-electron chi connectivity index (χ2n) is 12.3. The van der Waals surface area contributed by atoms with Crippen LogP contribution in [0.4, 0.5) is 0 Å². The molecular weight excluding hydrogens is 352 g/mol. The van der Waals surface area contributed by atoms with Gasteiger partial charge in [0.15, 0.2) is 0 Å². The number of fused-ring (bicyclic) bond motifs is 5. The Labute approximate surface area is 180 Å². The maximum Gasteiger partial charge on any atom is 0.0578 e. The molecule has 1 nitrogen and oxygen atoms in total. The van der Waals surface area contributed by atoms with E-state index in [2.05, 4.69) is 53.7 Å². The minimum atomic E-state index is -0.108. The van der Waals surface area contributed by atoms with Crippen molar-refractivity contribution >= 4 is 0 Å². The number of aliphatic hydroxyl groups excluding tert-OH is 1. The van der Waals surface area contributed by atoms with E-state index in [9.17, 15) is 5.11 Å². The Morgan fingerprint density at radius 3 is 2.41 bits per heavy atom. The summed E-state index contributed by atoms with van der Waals surface area (Å²) in [5, 5.41) is 10.2. The average Bonchev–Trinajstić information content (AvgIpc) is 3.03. The molecule has 0 spiro atoms. The summed E-state index contributed by atoms with van der Waals surface area (Å²) in [6.45, 7) is 14.9. The second kappa shape index (κ2) is 7.85. The zero-order valence-electron chi connectivity index (χ0n) is 20.0. The lowest BCUT2D eigenvalue weighted by Crippen LogP contribution is -2.46. The molecule has 0 bridgehead atoms. The first-order valence-corrected chi connectivity index (χ1v) is 12.8. The fourth-order valence-corrected chi connectivity index (χ4v) is 8.02. The van der Waals surface area contributed by atoms with Crippen LogP contribution in [0.2, 0.25) is 0 Å².